The summed E-state index contributed by atoms with van der Waals surface area (Å²) in [6.07, 6.45) is 8.49. The molecule has 2 atom stereocenters. The van der Waals surface area contributed by atoms with E-state index in [2.05, 4.69) is 25.9 Å². The fourth-order valence-electron chi connectivity index (χ4n) is 4.06. The molecule has 6 nitrogen and oxygen atoms in total. The molecule has 0 bridgehead atoms. The zero-order valence-corrected chi connectivity index (χ0v) is 13.1. The van der Waals surface area contributed by atoms with Crippen LogP contribution >= 0.6 is 0 Å². The molecule has 2 N–H and O–H groups in total. The van der Waals surface area contributed by atoms with Crippen LogP contribution in [0.5, 0.6) is 0 Å². The molecule has 0 aliphatic carbocycles. The zero-order chi connectivity index (χ0) is 15.2. The molecule has 0 spiro atoms. The Morgan fingerprint density at radius 1 is 1.26 bits per heavy atom. The van der Waals surface area contributed by atoms with Gasteiger partial charge >= 0.3 is 0 Å². The van der Waals surface area contributed by atoms with Gasteiger partial charge in [0.2, 0.25) is 0 Å². The first-order chi connectivity index (χ1) is 11.4. The molecular formula is C17H21N5O. The van der Waals surface area contributed by atoms with Gasteiger partial charge in [0, 0.05) is 18.2 Å². The van der Waals surface area contributed by atoms with Crippen LogP contribution in [0.1, 0.15) is 43.6 Å². The fourth-order valence-corrected chi connectivity index (χ4v) is 4.06. The quantitative estimate of drug-likeness (QED) is 0.763. The van der Waals surface area contributed by atoms with Crippen molar-refractivity contribution in [1.29, 1.82) is 0 Å². The Kier molecular flexibility index (Phi) is 3.12. The van der Waals surface area contributed by atoms with E-state index >= 15 is 0 Å². The number of ether oxygens (including phenoxy) is 1. The molecule has 3 aromatic heterocycles. The highest BCUT2D eigenvalue weighted by Gasteiger charge is 2.29. The Morgan fingerprint density at radius 2 is 2.26 bits per heavy atom. The molecule has 23 heavy (non-hydrogen) atoms. The fraction of sp³-hybridized carbons (Fsp3) is 0.529. The Labute approximate surface area is 134 Å². The molecule has 0 amide bonds. The molecule has 2 saturated heterocycles. The summed E-state index contributed by atoms with van der Waals surface area (Å²) in [5, 5.41) is 4.76. The van der Waals surface area contributed by atoms with Gasteiger partial charge in [-0.2, -0.15) is 0 Å². The van der Waals surface area contributed by atoms with E-state index in [1.807, 2.05) is 12.4 Å². The predicted molar refractivity (Wildman–Crippen MR) is 88.5 cm³/mol. The number of rotatable bonds is 2. The highest BCUT2D eigenvalue weighted by atomic mass is 16.5. The molecule has 5 heterocycles. The highest BCUT2D eigenvalue weighted by Crippen LogP contribution is 2.34. The lowest BCUT2D eigenvalue weighted by Gasteiger charge is -2.27. The Balaban J connectivity index is 1.77. The first-order valence-electron chi connectivity index (χ1n) is 8.57. The van der Waals surface area contributed by atoms with E-state index in [1.54, 1.807) is 0 Å². The minimum absolute atomic E-state index is 0.346. The van der Waals surface area contributed by atoms with Crippen molar-refractivity contribution >= 4 is 22.1 Å². The van der Waals surface area contributed by atoms with E-state index in [1.165, 1.54) is 11.9 Å². The second-order valence-corrected chi connectivity index (χ2v) is 6.59. The molecule has 6 heteroatoms. The van der Waals surface area contributed by atoms with Crippen LogP contribution in [0.2, 0.25) is 0 Å². The molecule has 0 saturated carbocycles. The van der Waals surface area contributed by atoms with Crippen LogP contribution < -0.4 is 5.32 Å². The molecule has 2 aliphatic rings. The minimum atomic E-state index is 0.346. The SMILES string of the molecule is c1cc2c(ncc3nc([C@@H]4CCCN4)n([C@@H]4CCCOC4)c32)[nH]1. The van der Waals surface area contributed by atoms with E-state index in [-0.39, 0.29) is 0 Å². The number of imidazole rings is 1. The summed E-state index contributed by atoms with van der Waals surface area (Å²) < 4.78 is 8.21. The monoisotopic (exact) mass is 311 g/mol. The van der Waals surface area contributed by atoms with Crippen LogP contribution in [0.25, 0.3) is 22.1 Å². The van der Waals surface area contributed by atoms with Crippen LogP contribution in [-0.2, 0) is 4.74 Å². The molecule has 2 fully saturated rings. The van der Waals surface area contributed by atoms with Crippen molar-refractivity contribution in [2.75, 3.05) is 19.8 Å². The molecule has 0 unspecified atom stereocenters. The van der Waals surface area contributed by atoms with Crippen molar-refractivity contribution in [2.24, 2.45) is 0 Å². The van der Waals surface area contributed by atoms with Gasteiger partial charge < -0.3 is 19.6 Å². The Morgan fingerprint density at radius 3 is 3.09 bits per heavy atom. The van der Waals surface area contributed by atoms with Crippen LogP contribution in [0, 0.1) is 0 Å². The molecule has 0 radical (unpaired) electrons. The second-order valence-electron chi connectivity index (χ2n) is 6.59. The van der Waals surface area contributed by atoms with Crippen molar-refractivity contribution in [2.45, 2.75) is 37.8 Å². The molecule has 3 aromatic rings. The van der Waals surface area contributed by atoms with Gasteiger partial charge in [-0.1, -0.05) is 0 Å². The van der Waals surface area contributed by atoms with Crippen molar-refractivity contribution < 1.29 is 4.74 Å². The topological polar surface area (TPSA) is 67.8 Å². The van der Waals surface area contributed by atoms with Gasteiger partial charge in [-0.3, -0.25) is 0 Å². The summed E-state index contributed by atoms with van der Waals surface area (Å²) in [6, 6.07) is 2.82. The van der Waals surface area contributed by atoms with Crippen LogP contribution in [-0.4, -0.2) is 39.3 Å². The number of aromatic amines is 1. The van der Waals surface area contributed by atoms with Crippen LogP contribution in [0.15, 0.2) is 18.5 Å². The van der Waals surface area contributed by atoms with Crippen molar-refractivity contribution in [1.82, 2.24) is 24.8 Å². The van der Waals surface area contributed by atoms with Gasteiger partial charge in [0.25, 0.3) is 0 Å². The summed E-state index contributed by atoms with van der Waals surface area (Å²) in [6.45, 7) is 2.73. The number of nitrogens with zero attached hydrogens (tertiary/aromatic N) is 3. The number of nitrogens with one attached hydrogen (secondary N) is 2. The number of hydrogen-bond acceptors (Lipinski definition) is 4. The van der Waals surface area contributed by atoms with Gasteiger partial charge in [0.05, 0.1) is 30.4 Å². The third kappa shape index (κ3) is 2.09. The minimum Gasteiger partial charge on any atom is -0.379 e. The summed E-state index contributed by atoms with van der Waals surface area (Å²) in [5.74, 6) is 1.16. The Hall–Kier alpha value is -1.92. The van der Waals surface area contributed by atoms with E-state index in [0.717, 1.165) is 61.4 Å². The van der Waals surface area contributed by atoms with Crippen molar-refractivity contribution in [3.05, 3.63) is 24.3 Å². The van der Waals surface area contributed by atoms with Gasteiger partial charge in [0.15, 0.2) is 0 Å². The van der Waals surface area contributed by atoms with Gasteiger partial charge in [-0.15, -0.1) is 0 Å². The second kappa shape index (κ2) is 5.32. The van der Waals surface area contributed by atoms with E-state index in [0.29, 0.717) is 12.1 Å². The Bertz CT molecular complexity index is 839. The third-order valence-electron chi connectivity index (χ3n) is 5.13. The average Bonchev–Trinajstić information content (AvgIpc) is 3.32. The largest absolute Gasteiger partial charge is 0.379 e. The lowest BCUT2D eigenvalue weighted by Crippen LogP contribution is -2.26. The van der Waals surface area contributed by atoms with Crippen molar-refractivity contribution in [3.63, 3.8) is 0 Å². The van der Waals surface area contributed by atoms with Crippen molar-refractivity contribution in [3.8, 4) is 0 Å². The highest BCUT2D eigenvalue weighted by molar-refractivity contribution is 6.01. The zero-order valence-electron chi connectivity index (χ0n) is 13.1. The predicted octanol–water partition coefficient (Wildman–Crippen LogP) is 2.69. The van der Waals surface area contributed by atoms with E-state index in [9.17, 15) is 0 Å². The first kappa shape index (κ1) is 13.5. The molecular weight excluding hydrogens is 290 g/mol. The number of H-pyrrole nitrogens is 1. The smallest absolute Gasteiger partial charge is 0.139 e. The summed E-state index contributed by atoms with van der Waals surface area (Å²) in [4.78, 5) is 12.7. The maximum absolute atomic E-state index is 5.77. The van der Waals surface area contributed by atoms with E-state index in [4.69, 9.17) is 9.72 Å². The number of aromatic nitrogens is 4. The van der Waals surface area contributed by atoms with E-state index < -0.39 is 0 Å². The molecule has 0 aromatic carbocycles. The summed E-state index contributed by atoms with van der Waals surface area (Å²) in [5.41, 5.74) is 3.13. The lowest BCUT2D eigenvalue weighted by molar-refractivity contribution is 0.0591. The maximum Gasteiger partial charge on any atom is 0.139 e. The van der Waals surface area contributed by atoms with Crippen LogP contribution in [0.3, 0.4) is 0 Å². The number of hydrogen-bond donors (Lipinski definition) is 2. The molecule has 120 valence electrons. The summed E-state index contributed by atoms with van der Waals surface area (Å²) >= 11 is 0. The first-order valence-corrected chi connectivity index (χ1v) is 8.57. The molecule has 2 aliphatic heterocycles. The lowest BCUT2D eigenvalue weighted by atomic mass is 10.1. The third-order valence-corrected chi connectivity index (χ3v) is 5.13. The van der Waals surface area contributed by atoms with Gasteiger partial charge in [-0.25, -0.2) is 9.97 Å². The van der Waals surface area contributed by atoms with Gasteiger partial charge in [0.1, 0.15) is 17.0 Å². The van der Waals surface area contributed by atoms with Crippen LogP contribution in [0.4, 0.5) is 0 Å². The standard InChI is InChI=1S/C17H21N5O/c1-4-13(18-6-1)17-21-14-9-20-16-12(5-7-19-16)15(14)22(17)11-3-2-8-23-10-11/h5,7,9,11,13,18H,1-4,6,8,10H2,(H,19,20)/t11-,13+/m1/s1. The number of fused-ring (bicyclic) bond motifs is 3. The number of pyridine rings is 1. The molecule has 5 rings (SSSR count). The normalized spacial score (nSPS) is 25.6. The average molecular weight is 311 g/mol. The maximum atomic E-state index is 5.77. The summed E-state index contributed by atoms with van der Waals surface area (Å²) in [7, 11) is 0. The van der Waals surface area contributed by atoms with Gasteiger partial charge in [-0.05, 0) is 38.3 Å².